The number of hydrogen-bond acceptors (Lipinski definition) is 4. The van der Waals surface area contributed by atoms with Gasteiger partial charge in [-0.1, -0.05) is 6.07 Å². The van der Waals surface area contributed by atoms with Gasteiger partial charge in [0.1, 0.15) is 0 Å². The minimum atomic E-state index is -0.498. The van der Waals surface area contributed by atoms with E-state index < -0.39 is 6.10 Å². The van der Waals surface area contributed by atoms with Gasteiger partial charge in [-0.2, -0.15) is 0 Å². The Kier molecular flexibility index (Phi) is 3.86. The van der Waals surface area contributed by atoms with Crippen LogP contribution in [0.15, 0.2) is 18.2 Å². The zero-order chi connectivity index (χ0) is 12.3. The Hall–Kier alpha value is -1.26. The second-order valence-corrected chi connectivity index (χ2v) is 4.53. The number of ether oxygens (including phenoxy) is 2. The molecule has 4 nitrogen and oxygen atoms in total. The summed E-state index contributed by atoms with van der Waals surface area (Å²) < 4.78 is 11.1. The summed E-state index contributed by atoms with van der Waals surface area (Å²) in [5.74, 6) is 1.50. The number of likely N-dealkylation sites (N-methyl/N-ethyl adjacent to an activating group) is 1. The van der Waals surface area contributed by atoms with Gasteiger partial charge in [-0.25, -0.2) is 0 Å². The Morgan fingerprint density at radius 1 is 1.24 bits per heavy atom. The van der Waals surface area contributed by atoms with Crippen molar-refractivity contribution in [3.05, 3.63) is 23.8 Å². The van der Waals surface area contributed by atoms with E-state index >= 15 is 0 Å². The highest BCUT2D eigenvalue weighted by Crippen LogP contribution is 2.32. The molecule has 1 aliphatic rings. The molecular formula is C13H19NO3. The monoisotopic (exact) mass is 237 g/mol. The van der Waals surface area contributed by atoms with Crippen LogP contribution in [0, 0.1) is 0 Å². The largest absolute Gasteiger partial charge is 0.490 e. The van der Waals surface area contributed by atoms with Crippen LogP contribution in [0.2, 0.25) is 0 Å². The van der Waals surface area contributed by atoms with E-state index in [2.05, 4.69) is 0 Å². The molecule has 1 heterocycles. The van der Waals surface area contributed by atoms with Crippen molar-refractivity contribution in [1.29, 1.82) is 0 Å². The van der Waals surface area contributed by atoms with Gasteiger partial charge < -0.3 is 19.5 Å². The number of aliphatic hydroxyl groups excluding tert-OH is 1. The van der Waals surface area contributed by atoms with Crippen LogP contribution in [-0.4, -0.2) is 43.9 Å². The van der Waals surface area contributed by atoms with Crippen molar-refractivity contribution < 1.29 is 14.6 Å². The molecule has 0 unspecified atom stereocenters. The molecule has 1 atom stereocenters. The Morgan fingerprint density at radius 2 is 1.94 bits per heavy atom. The third-order valence-corrected chi connectivity index (χ3v) is 2.69. The quantitative estimate of drug-likeness (QED) is 0.864. The molecule has 0 saturated carbocycles. The fourth-order valence-electron chi connectivity index (χ4n) is 1.84. The molecule has 0 spiro atoms. The van der Waals surface area contributed by atoms with Crippen LogP contribution in [0.3, 0.4) is 0 Å². The lowest BCUT2D eigenvalue weighted by atomic mass is 10.1. The maximum absolute atomic E-state index is 10.0. The SMILES string of the molecule is CN(C)C[C@@H](O)c1ccc2c(c1)OCCCO2. The molecule has 4 heteroatoms. The van der Waals surface area contributed by atoms with E-state index in [1.807, 2.05) is 37.2 Å². The first-order chi connectivity index (χ1) is 8.16. The molecule has 2 rings (SSSR count). The van der Waals surface area contributed by atoms with Crippen molar-refractivity contribution in [3.8, 4) is 11.5 Å². The second kappa shape index (κ2) is 5.38. The Labute approximate surface area is 102 Å². The average Bonchev–Trinajstić information content (AvgIpc) is 2.51. The maximum atomic E-state index is 10.0. The predicted molar refractivity (Wildman–Crippen MR) is 65.6 cm³/mol. The van der Waals surface area contributed by atoms with E-state index in [1.165, 1.54) is 0 Å². The number of hydrogen-bond donors (Lipinski definition) is 1. The molecule has 1 aliphatic heterocycles. The van der Waals surface area contributed by atoms with Crippen LogP contribution in [0.1, 0.15) is 18.1 Å². The smallest absolute Gasteiger partial charge is 0.161 e. The molecule has 0 fully saturated rings. The minimum Gasteiger partial charge on any atom is -0.490 e. The summed E-state index contributed by atoms with van der Waals surface area (Å²) in [5.41, 5.74) is 0.864. The Balaban J connectivity index is 2.17. The summed E-state index contributed by atoms with van der Waals surface area (Å²) in [7, 11) is 3.87. The molecular weight excluding hydrogens is 218 g/mol. The summed E-state index contributed by atoms with van der Waals surface area (Å²) >= 11 is 0. The van der Waals surface area contributed by atoms with E-state index in [1.54, 1.807) is 0 Å². The van der Waals surface area contributed by atoms with Crippen LogP contribution >= 0.6 is 0 Å². The first-order valence-electron chi connectivity index (χ1n) is 5.89. The third kappa shape index (κ3) is 3.11. The van der Waals surface area contributed by atoms with Gasteiger partial charge >= 0.3 is 0 Å². The van der Waals surface area contributed by atoms with E-state index in [0.29, 0.717) is 19.8 Å². The van der Waals surface area contributed by atoms with Crippen molar-refractivity contribution in [2.24, 2.45) is 0 Å². The number of rotatable bonds is 3. The molecule has 1 aromatic rings. The first kappa shape index (κ1) is 12.2. The van der Waals surface area contributed by atoms with E-state index in [4.69, 9.17) is 9.47 Å². The van der Waals surface area contributed by atoms with Crippen LogP contribution < -0.4 is 9.47 Å². The van der Waals surface area contributed by atoms with Crippen LogP contribution in [0.5, 0.6) is 11.5 Å². The molecule has 0 aliphatic carbocycles. The average molecular weight is 237 g/mol. The molecule has 94 valence electrons. The van der Waals surface area contributed by atoms with Crippen molar-refractivity contribution in [1.82, 2.24) is 4.90 Å². The van der Waals surface area contributed by atoms with Gasteiger partial charge in [-0.15, -0.1) is 0 Å². The van der Waals surface area contributed by atoms with Crippen molar-refractivity contribution >= 4 is 0 Å². The highest BCUT2D eigenvalue weighted by atomic mass is 16.5. The minimum absolute atomic E-state index is 0.498. The fraction of sp³-hybridized carbons (Fsp3) is 0.538. The fourth-order valence-corrected chi connectivity index (χ4v) is 1.84. The highest BCUT2D eigenvalue weighted by Gasteiger charge is 2.14. The topological polar surface area (TPSA) is 41.9 Å². The van der Waals surface area contributed by atoms with Gasteiger partial charge in [0, 0.05) is 13.0 Å². The molecule has 0 radical (unpaired) electrons. The summed E-state index contributed by atoms with van der Waals surface area (Å²) in [6.45, 7) is 1.95. The normalized spacial score (nSPS) is 16.7. The zero-order valence-electron chi connectivity index (χ0n) is 10.3. The van der Waals surface area contributed by atoms with Gasteiger partial charge in [0.15, 0.2) is 11.5 Å². The first-order valence-corrected chi connectivity index (χ1v) is 5.89. The van der Waals surface area contributed by atoms with E-state index in [9.17, 15) is 5.11 Å². The maximum Gasteiger partial charge on any atom is 0.161 e. The predicted octanol–water partition coefficient (Wildman–Crippen LogP) is 1.44. The summed E-state index contributed by atoms with van der Waals surface area (Å²) in [4.78, 5) is 1.95. The van der Waals surface area contributed by atoms with E-state index in [0.717, 1.165) is 23.5 Å². The van der Waals surface area contributed by atoms with Crippen LogP contribution in [-0.2, 0) is 0 Å². The standard InChI is InChI=1S/C13H19NO3/c1-14(2)9-11(15)10-4-5-12-13(8-10)17-7-3-6-16-12/h4-5,8,11,15H,3,6-7,9H2,1-2H3/t11-/m1/s1. The summed E-state index contributed by atoms with van der Waals surface area (Å²) in [5, 5.41) is 10.0. The van der Waals surface area contributed by atoms with Gasteiger partial charge in [-0.05, 0) is 31.8 Å². The Morgan fingerprint density at radius 3 is 2.65 bits per heavy atom. The summed E-state index contributed by atoms with van der Waals surface area (Å²) in [6.07, 6.45) is 0.395. The molecule has 0 amide bonds. The highest BCUT2D eigenvalue weighted by molar-refractivity contribution is 5.44. The molecule has 17 heavy (non-hydrogen) atoms. The molecule has 0 bridgehead atoms. The molecule has 0 saturated heterocycles. The van der Waals surface area contributed by atoms with Crippen LogP contribution in [0.4, 0.5) is 0 Å². The Bertz CT molecular complexity index is 379. The van der Waals surface area contributed by atoms with Gasteiger partial charge in [0.25, 0.3) is 0 Å². The third-order valence-electron chi connectivity index (χ3n) is 2.69. The molecule has 1 N–H and O–H groups in total. The zero-order valence-corrected chi connectivity index (χ0v) is 10.3. The van der Waals surface area contributed by atoms with Crippen molar-refractivity contribution in [3.63, 3.8) is 0 Å². The van der Waals surface area contributed by atoms with Gasteiger partial charge in [0.05, 0.1) is 19.3 Å². The van der Waals surface area contributed by atoms with Crippen molar-refractivity contribution in [2.75, 3.05) is 33.9 Å². The van der Waals surface area contributed by atoms with Crippen LogP contribution in [0.25, 0.3) is 0 Å². The number of nitrogens with zero attached hydrogens (tertiary/aromatic N) is 1. The van der Waals surface area contributed by atoms with E-state index in [-0.39, 0.29) is 0 Å². The number of fused-ring (bicyclic) bond motifs is 1. The molecule has 1 aromatic carbocycles. The van der Waals surface area contributed by atoms with Gasteiger partial charge in [0.2, 0.25) is 0 Å². The van der Waals surface area contributed by atoms with Gasteiger partial charge in [-0.3, -0.25) is 0 Å². The number of aliphatic hydroxyl groups is 1. The lowest BCUT2D eigenvalue weighted by molar-refractivity contribution is 0.138. The lowest BCUT2D eigenvalue weighted by Crippen LogP contribution is -2.20. The number of benzene rings is 1. The summed E-state index contributed by atoms with van der Waals surface area (Å²) in [6, 6.07) is 5.63. The van der Waals surface area contributed by atoms with Crippen molar-refractivity contribution in [2.45, 2.75) is 12.5 Å². The molecule has 0 aromatic heterocycles. The second-order valence-electron chi connectivity index (χ2n) is 4.53. The lowest BCUT2D eigenvalue weighted by Gasteiger charge is -2.17.